The van der Waals surface area contributed by atoms with Crippen LogP contribution in [-0.4, -0.2) is 37.6 Å². The number of nitrogens with one attached hydrogen (secondary N) is 2. The third kappa shape index (κ3) is 4.55. The van der Waals surface area contributed by atoms with Crippen molar-refractivity contribution in [3.05, 3.63) is 84.1 Å². The van der Waals surface area contributed by atoms with Crippen LogP contribution in [0, 0.1) is 0 Å². The molecule has 0 radical (unpaired) electrons. The summed E-state index contributed by atoms with van der Waals surface area (Å²) in [6.07, 6.45) is 0. The SMILES string of the molecule is COc1cccc(NC(=O)c2cccc(N3CCNC(c4ccccc4)C3)n2)c1. The molecule has 6 nitrogen and oxygen atoms in total. The molecular weight excluding hydrogens is 364 g/mol. The fourth-order valence-corrected chi connectivity index (χ4v) is 3.49. The average Bonchev–Trinajstić information content (AvgIpc) is 2.80. The van der Waals surface area contributed by atoms with Crippen molar-refractivity contribution in [2.75, 3.05) is 37.0 Å². The number of carbonyl (C=O) groups is 1. The minimum atomic E-state index is -0.241. The Balaban J connectivity index is 1.48. The Labute approximate surface area is 170 Å². The number of benzene rings is 2. The molecule has 1 fully saturated rings. The zero-order chi connectivity index (χ0) is 20.1. The number of anilines is 2. The van der Waals surface area contributed by atoms with Crippen molar-refractivity contribution >= 4 is 17.4 Å². The summed E-state index contributed by atoms with van der Waals surface area (Å²) in [6.45, 7) is 2.51. The van der Waals surface area contributed by atoms with Crippen molar-refractivity contribution < 1.29 is 9.53 Å². The Hall–Kier alpha value is -3.38. The number of ether oxygens (including phenoxy) is 1. The Morgan fingerprint density at radius 2 is 1.93 bits per heavy atom. The lowest BCUT2D eigenvalue weighted by atomic mass is 10.0. The van der Waals surface area contributed by atoms with Gasteiger partial charge >= 0.3 is 0 Å². The van der Waals surface area contributed by atoms with Gasteiger partial charge in [-0.3, -0.25) is 4.79 Å². The molecule has 1 aliphatic rings. The molecule has 1 aromatic heterocycles. The number of pyridine rings is 1. The summed E-state index contributed by atoms with van der Waals surface area (Å²) in [7, 11) is 1.60. The minimum Gasteiger partial charge on any atom is -0.497 e. The first-order valence-corrected chi connectivity index (χ1v) is 9.68. The molecule has 1 amide bonds. The Bertz CT molecular complexity index is 977. The lowest BCUT2D eigenvalue weighted by molar-refractivity contribution is 0.102. The number of methoxy groups -OCH3 is 1. The molecule has 0 bridgehead atoms. The van der Waals surface area contributed by atoms with Crippen LogP contribution in [0.2, 0.25) is 0 Å². The molecule has 0 spiro atoms. The van der Waals surface area contributed by atoms with Gasteiger partial charge in [-0.05, 0) is 29.8 Å². The predicted molar refractivity (Wildman–Crippen MR) is 115 cm³/mol. The second-order valence-electron chi connectivity index (χ2n) is 6.93. The summed E-state index contributed by atoms with van der Waals surface area (Å²) in [4.78, 5) is 19.5. The highest BCUT2D eigenvalue weighted by molar-refractivity contribution is 6.03. The van der Waals surface area contributed by atoms with Crippen molar-refractivity contribution in [2.45, 2.75) is 6.04 Å². The highest BCUT2D eigenvalue weighted by atomic mass is 16.5. The molecule has 1 aliphatic heterocycles. The van der Waals surface area contributed by atoms with Gasteiger partial charge in [-0.2, -0.15) is 0 Å². The number of piperazine rings is 1. The number of carbonyl (C=O) groups excluding carboxylic acids is 1. The highest BCUT2D eigenvalue weighted by Crippen LogP contribution is 2.22. The van der Waals surface area contributed by atoms with E-state index < -0.39 is 0 Å². The third-order valence-electron chi connectivity index (χ3n) is 5.00. The molecule has 1 unspecified atom stereocenters. The minimum absolute atomic E-state index is 0.237. The number of amides is 1. The zero-order valence-electron chi connectivity index (χ0n) is 16.3. The van der Waals surface area contributed by atoms with E-state index in [1.165, 1.54) is 5.56 Å². The van der Waals surface area contributed by atoms with Crippen LogP contribution < -0.4 is 20.3 Å². The van der Waals surface area contributed by atoms with E-state index in [-0.39, 0.29) is 11.9 Å². The molecule has 148 valence electrons. The van der Waals surface area contributed by atoms with Gasteiger partial charge in [0.05, 0.1) is 7.11 Å². The molecule has 3 aromatic rings. The van der Waals surface area contributed by atoms with E-state index >= 15 is 0 Å². The quantitative estimate of drug-likeness (QED) is 0.700. The van der Waals surface area contributed by atoms with Gasteiger partial charge in [-0.1, -0.05) is 42.5 Å². The summed E-state index contributed by atoms with van der Waals surface area (Å²) < 4.78 is 5.21. The fraction of sp³-hybridized carbons (Fsp3) is 0.217. The van der Waals surface area contributed by atoms with Gasteiger partial charge in [0, 0.05) is 37.4 Å². The maximum atomic E-state index is 12.7. The lowest BCUT2D eigenvalue weighted by Gasteiger charge is -2.34. The van der Waals surface area contributed by atoms with Gasteiger partial charge in [0.2, 0.25) is 0 Å². The molecular formula is C23H24N4O2. The van der Waals surface area contributed by atoms with Gasteiger partial charge in [-0.15, -0.1) is 0 Å². The summed E-state index contributed by atoms with van der Waals surface area (Å²) in [6, 6.07) is 23.5. The molecule has 2 aromatic carbocycles. The van der Waals surface area contributed by atoms with E-state index in [0.29, 0.717) is 17.1 Å². The first kappa shape index (κ1) is 19.0. The van der Waals surface area contributed by atoms with Gasteiger partial charge in [0.25, 0.3) is 5.91 Å². The first-order chi connectivity index (χ1) is 14.2. The van der Waals surface area contributed by atoms with Crippen LogP contribution in [0.4, 0.5) is 11.5 Å². The topological polar surface area (TPSA) is 66.5 Å². The normalized spacial score (nSPS) is 16.3. The molecule has 1 atom stereocenters. The molecule has 6 heteroatoms. The van der Waals surface area contributed by atoms with Gasteiger partial charge in [0.1, 0.15) is 17.3 Å². The summed E-state index contributed by atoms with van der Waals surface area (Å²) in [5.41, 5.74) is 2.32. The van der Waals surface area contributed by atoms with E-state index in [4.69, 9.17) is 4.74 Å². The van der Waals surface area contributed by atoms with E-state index in [1.54, 1.807) is 19.2 Å². The van der Waals surface area contributed by atoms with E-state index in [0.717, 1.165) is 25.5 Å². The molecule has 2 heterocycles. The summed E-state index contributed by atoms with van der Waals surface area (Å²) in [5, 5.41) is 6.44. The number of rotatable bonds is 5. The van der Waals surface area contributed by atoms with Crippen molar-refractivity contribution in [3.8, 4) is 5.75 Å². The van der Waals surface area contributed by atoms with Gasteiger partial charge in [-0.25, -0.2) is 4.98 Å². The first-order valence-electron chi connectivity index (χ1n) is 9.68. The number of hydrogen-bond donors (Lipinski definition) is 2. The molecule has 29 heavy (non-hydrogen) atoms. The van der Waals surface area contributed by atoms with Crippen molar-refractivity contribution in [3.63, 3.8) is 0 Å². The molecule has 1 saturated heterocycles. The summed E-state index contributed by atoms with van der Waals surface area (Å²) >= 11 is 0. The monoisotopic (exact) mass is 388 g/mol. The fourth-order valence-electron chi connectivity index (χ4n) is 3.49. The zero-order valence-corrected chi connectivity index (χ0v) is 16.3. The average molecular weight is 388 g/mol. The largest absolute Gasteiger partial charge is 0.497 e. The lowest BCUT2D eigenvalue weighted by Crippen LogP contribution is -2.46. The predicted octanol–water partition coefficient (Wildman–Crippen LogP) is 3.49. The van der Waals surface area contributed by atoms with E-state index in [9.17, 15) is 4.79 Å². The van der Waals surface area contributed by atoms with E-state index in [2.05, 4.69) is 44.8 Å². The molecule has 0 aliphatic carbocycles. The second-order valence-corrected chi connectivity index (χ2v) is 6.93. The standard InChI is InChI=1S/C23H24N4O2/c1-29-19-10-5-9-18(15-19)25-23(28)20-11-6-12-22(26-20)27-14-13-24-21(16-27)17-7-3-2-4-8-17/h2-12,15,21,24H,13-14,16H2,1H3,(H,25,28). The van der Waals surface area contributed by atoms with Crippen LogP contribution >= 0.6 is 0 Å². The Morgan fingerprint density at radius 3 is 2.76 bits per heavy atom. The third-order valence-corrected chi connectivity index (χ3v) is 5.00. The summed E-state index contributed by atoms with van der Waals surface area (Å²) in [5.74, 6) is 1.26. The van der Waals surface area contributed by atoms with Crippen molar-refractivity contribution in [2.24, 2.45) is 0 Å². The van der Waals surface area contributed by atoms with Crippen LogP contribution in [0.15, 0.2) is 72.8 Å². The van der Waals surface area contributed by atoms with Gasteiger partial charge in [0.15, 0.2) is 0 Å². The molecule has 0 saturated carbocycles. The van der Waals surface area contributed by atoms with Crippen LogP contribution in [-0.2, 0) is 0 Å². The van der Waals surface area contributed by atoms with Crippen LogP contribution in [0.3, 0.4) is 0 Å². The van der Waals surface area contributed by atoms with Crippen LogP contribution in [0.25, 0.3) is 0 Å². The molecule has 4 rings (SSSR count). The van der Waals surface area contributed by atoms with Gasteiger partial charge < -0.3 is 20.3 Å². The number of hydrogen-bond acceptors (Lipinski definition) is 5. The smallest absolute Gasteiger partial charge is 0.274 e. The maximum Gasteiger partial charge on any atom is 0.274 e. The maximum absolute atomic E-state index is 12.7. The molecule has 2 N–H and O–H groups in total. The Morgan fingerprint density at radius 1 is 1.10 bits per heavy atom. The van der Waals surface area contributed by atoms with Crippen molar-refractivity contribution in [1.82, 2.24) is 10.3 Å². The number of nitrogens with zero attached hydrogens (tertiary/aromatic N) is 2. The van der Waals surface area contributed by atoms with Crippen LogP contribution in [0.5, 0.6) is 5.75 Å². The van der Waals surface area contributed by atoms with Crippen molar-refractivity contribution in [1.29, 1.82) is 0 Å². The van der Waals surface area contributed by atoms with E-state index in [1.807, 2.05) is 36.4 Å². The highest BCUT2D eigenvalue weighted by Gasteiger charge is 2.22. The Kier molecular flexibility index (Phi) is 5.72. The second kappa shape index (κ2) is 8.75. The number of aromatic nitrogens is 1. The van der Waals surface area contributed by atoms with Crippen LogP contribution in [0.1, 0.15) is 22.1 Å².